The van der Waals surface area contributed by atoms with Crippen molar-refractivity contribution in [2.45, 2.75) is 76.0 Å². The summed E-state index contributed by atoms with van der Waals surface area (Å²) >= 11 is 0. The van der Waals surface area contributed by atoms with Gasteiger partial charge in [-0.15, -0.1) is 5.75 Å². The van der Waals surface area contributed by atoms with Crippen molar-refractivity contribution in [2.75, 3.05) is 0 Å². The smallest absolute Gasteiger partial charge is 0.872 e. The summed E-state index contributed by atoms with van der Waals surface area (Å²) in [6.07, 6.45) is 12.5. The van der Waals surface area contributed by atoms with Crippen molar-refractivity contribution in [3.05, 3.63) is 48.0 Å². The number of ether oxygens (including phenoxy) is 1. The minimum Gasteiger partial charge on any atom is -0.872 e. The van der Waals surface area contributed by atoms with E-state index in [9.17, 15) is 13.5 Å². The molecule has 0 saturated carbocycles. The Labute approximate surface area is 202 Å². The number of aryl methyl sites for hydroxylation is 1. The summed E-state index contributed by atoms with van der Waals surface area (Å²) in [4.78, 5) is -0.467. The Kier molecular flexibility index (Phi) is 12.7. The normalized spacial score (nSPS) is 11.1. The van der Waals surface area contributed by atoms with Gasteiger partial charge in [0.1, 0.15) is 11.5 Å². The molecule has 160 valence electrons. The van der Waals surface area contributed by atoms with Gasteiger partial charge in [-0.3, -0.25) is 4.55 Å². The van der Waals surface area contributed by atoms with E-state index < -0.39 is 20.8 Å². The van der Waals surface area contributed by atoms with Crippen molar-refractivity contribution in [2.24, 2.45) is 0 Å². The number of hydrogen-bond acceptors (Lipinski definition) is 4. The van der Waals surface area contributed by atoms with Crippen molar-refractivity contribution < 1.29 is 52.4 Å². The first kappa shape index (κ1) is 27.0. The van der Waals surface area contributed by atoms with Gasteiger partial charge in [0.2, 0.25) is 0 Å². The Morgan fingerprint density at radius 1 is 0.867 bits per heavy atom. The van der Waals surface area contributed by atoms with Crippen LogP contribution in [0.25, 0.3) is 0 Å². The Hall–Kier alpha value is -1.05. The molecule has 0 fully saturated rings. The van der Waals surface area contributed by atoms with E-state index >= 15 is 0 Å². The number of rotatable bonds is 13. The Morgan fingerprint density at radius 3 is 2.13 bits per heavy atom. The second kappa shape index (κ2) is 14.1. The van der Waals surface area contributed by atoms with Gasteiger partial charge in [-0.1, -0.05) is 70.4 Å². The molecule has 0 aliphatic rings. The Balaban J connectivity index is 0.00000450. The summed E-state index contributed by atoms with van der Waals surface area (Å²) in [6.45, 7) is 2.23. The first-order valence-electron chi connectivity index (χ1n) is 10.4. The van der Waals surface area contributed by atoms with E-state index in [2.05, 4.69) is 6.92 Å². The molecular weight excluding hydrogens is 411 g/mol. The van der Waals surface area contributed by atoms with Gasteiger partial charge in [0, 0.05) is 6.07 Å². The molecule has 2 aromatic rings. The quantitative estimate of drug-likeness (QED) is 0.293. The van der Waals surface area contributed by atoms with Crippen molar-refractivity contribution in [1.82, 2.24) is 0 Å². The van der Waals surface area contributed by atoms with Crippen molar-refractivity contribution in [3.8, 4) is 17.2 Å². The van der Waals surface area contributed by atoms with Crippen molar-refractivity contribution in [3.63, 3.8) is 0 Å². The first-order chi connectivity index (χ1) is 13.9. The van der Waals surface area contributed by atoms with Crippen LogP contribution < -0.4 is 39.4 Å². The van der Waals surface area contributed by atoms with Crippen LogP contribution >= 0.6 is 0 Å². The van der Waals surface area contributed by atoms with Crippen LogP contribution in [0.4, 0.5) is 0 Å². The van der Waals surface area contributed by atoms with E-state index in [1.165, 1.54) is 57.4 Å². The maximum absolute atomic E-state index is 11.7. The van der Waals surface area contributed by atoms with Crippen molar-refractivity contribution in [1.29, 1.82) is 0 Å². The van der Waals surface area contributed by atoms with Gasteiger partial charge in [-0.25, -0.2) is 0 Å². The van der Waals surface area contributed by atoms with Crippen LogP contribution in [0.2, 0.25) is 0 Å². The molecule has 0 amide bonds. The van der Waals surface area contributed by atoms with E-state index in [1.807, 2.05) is 18.2 Å². The van der Waals surface area contributed by atoms with Gasteiger partial charge in [-0.05, 0) is 42.7 Å². The minimum absolute atomic E-state index is 0. The van der Waals surface area contributed by atoms with Gasteiger partial charge < -0.3 is 9.84 Å². The zero-order chi connectivity index (χ0) is 21.1. The Bertz CT molecular complexity index is 868. The van der Waals surface area contributed by atoms with Crippen molar-refractivity contribution >= 4 is 10.1 Å². The second-order valence-electron chi connectivity index (χ2n) is 7.44. The fraction of sp³-hybridized carbons (Fsp3) is 0.478. The van der Waals surface area contributed by atoms with Crippen LogP contribution in [0, 0.1) is 0 Å². The van der Waals surface area contributed by atoms with E-state index in [4.69, 9.17) is 9.29 Å². The molecule has 0 bridgehead atoms. The fourth-order valence-corrected chi connectivity index (χ4v) is 3.82. The standard InChI is InChI=1S/C23H32O5S.Na/c1-2-3-4-5-6-7-8-9-10-12-19-13-11-14-21(15-19)28-22-16-20(24)17-23(18-22)29(25,26)27;/h11,13-18,24H,2-10,12H2,1H3,(H,25,26,27);/q;+1/p-1. The average molecular weight is 443 g/mol. The van der Waals surface area contributed by atoms with E-state index in [0.29, 0.717) is 5.75 Å². The third kappa shape index (κ3) is 10.3. The largest absolute Gasteiger partial charge is 1.00 e. The summed E-state index contributed by atoms with van der Waals surface area (Å²) in [7, 11) is -4.45. The summed E-state index contributed by atoms with van der Waals surface area (Å²) in [5, 5.41) is 11.7. The zero-order valence-electron chi connectivity index (χ0n) is 18.1. The maximum Gasteiger partial charge on any atom is 1.00 e. The third-order valence-electron chi connectivity index (χ3n) is 4.85. The molecule has 0 unspecified atom stereocenters. The molecule has 2 aromatic carbocycles. The predicted octanol–water partition coefficient (Wildman–Crippen LogP) is 2.88. The first-order valence-corrected chi connectivity index (χ1v) is 11.9. The molecule has 7 heteroatoms. The molecule has 0 atom stereocenters. The van der Waals surface area contributed by atoms with Gasteiger partial charge in [0.05, 0.1) is 4.90 Å². The van der Waals surface area contributed by atoms with Crippen LogP contribution in [0.1, 0.15) is 70.3 Å². The SMILES string of the molecule is CCCCCCCCCCCc1cccc(Oc2cc([O-])cc(S(=O)(=O)O)c2)c1.[Na+]. The molecule has 0 aromatic heterocycles. The molecular formula is C23H31NaO5S. The van der Waals surface area contributed by atoms with Gasteiger partial charge in [-0.2, -0.15) is 8.42 Å². The van der Waals surface area contributed by atoms with Crippen LogP contribution in [0.3, 0.4) is 0 Å². The van der Waals surface area contributed by atoms with Gasteiger partial charge in [0.15, 0.2) is 0 Å². The predicted molar refractivity (Wildman–Crippen MR) is 113 cm³/mol. The van der Waals surface area contributed by atoms with Gasteiger partial charge in [0.25, 0.3) is 10.1 Å². The molecule has 0 aliphatic heterocycles. The molecule has 1 N–H and O–H groups in total. The number of benzene rings is 2. The summed E-state index contributed by atoms with van der Waals surface area (Å²) in [5.74, 6) is 0.0802. The molecule has 0 aliphatic carbocycles. The monoisotopic (exact) mass is 442 g/mol. The number of hydrogen-bond donors (Lipinski definition) is 1. The molecule has 0 spiro atoms. The maximum atomic E-state index is 11.7. The van der Waals surface area contributed by atoms with Gasteiger partial charge >= 0.3 is 29.6 Å². The zero-order valence-corrected chi connectivity index (χ0v) is 20.9. The van der Waals surface area contributed by atoms with E-state index in [1.54, 1.807) is 6.07 Å². The molecule has 5 nitrogen and oxygen atoms in total. The van der Waals surface area contributed by atoms with Crippen LogP contribution in [0.15, 0.2) is 47.4 Å². The minimum atomic E-state index is -4.45. The summed E-state index contributed by atoms with van der Waals surface area (Å²) in [5.41, 5.74) is 1.14. The molecule has 0 radical (unpaired) electrons. The Morgan fingerprint density at radius 2 is 1.50 bits per heavy atom. The van der Waals surface area contributed by atoms with Crippen LogP contribution in [0.5, 0.6) is 17.2 Å². The second-order valence-corrected chi connectivity index (χ2v) is 8.86. The van der Waals surface area contributed by atoms with E-state index in [-0.39, 0.29) is 35.3 Å². The summed E-state index contributed by atoms with van der Waals surface area (Å²) < 4.78 is 37.3. The molecule has 0 saturated heterocycles. The van der Waals surface area contributed by atoms with E-state index in [0.717, 1.165) is 30.5 Å². The van der Waals surface area contributed by atoms with Crippen LogP contribution in [-0.2, 0) is 16.5 Å². The molecule has 0 heterocycles. The average Bonchev–Trinajstić information content (AvgIpc) is 2.66. The molecule has 2 rings (SSSR count). The number of unbranched alkanes of at least 4 members (excludes halogenated alkanes) is 8. The molecule has 30 heavy (non-hydrogen) atoms. The fourth-order valence-electron chi connectivity index (χ4n) is 3.29. The van der Waals surface area contributed by atoms with Crippen LogP contribution in [-0.4, -0.2) is 13.0 Å². The third-order valence-corrected chi connectivity index (χ3v) is 5.69. The topological polar surface area (TPSA) is 86.7 Å². The summed E-state index contributed by atoms with van der Waals surface area (Å²) in [6, 6.07) is 10.8.